The van der Waals surface area contributed by atoms with Crippen molar-refractivity contribution in [3.05, 3.63) is 24.3 Å². The van der Waals surface area contributed by atoms with Crippen molar-refractivity contribution in [3.8, 4) is 0 Å². The van der Waals surface area contributed by atoms with Crippen LogP contribution in [0.3, 0.4) is 0 Å². The normalized spacial score (nSPS) is 12.6. The van der Waals surface area contributed by atoms with Crippen molar-refractivity contribution < 1.29 is 24.5 Å². The average Bonchev–Trinajstić information content (AvgIpc) is 3.46. The van der Waals surface area contributed by atoms with Crippen LogP contribution in [-0.2, 0) is 14.3 Å². The molecule has 0 aromatic rings. The van der Waals surface area contributed by atoms with Gasteiger partial charge in [-0.3, -0.25) is 9.59 Å². The van der Waals surface area contributed by atoms with Gasteiger partial charge in [0.05, 0.1) is 25.4 Å². The fourth-order valence-electron chi connectivity index (χ4n) is 11.6. The molecule has 0 heterocycles. The third-order valence-corrected chi connectivity index (χ3v) is 17.2. The molecule has 2 atom stereocenters. The molecule has 0 saturated heterocycles. The van der Waals surface area contributed by atoms with E-state index in [0.29, 0.717) is 19.4 Å². The number of aliphatic hydroxyl groups excluding tert-OH is 2. The van der Waals surface area contributed by atoms with Gasteiger partial charge in [0, 0.05) is 12.8 Å². The summed E-state index contributed by atoms with van der Waals surface area (Å²) >= 11 is 0. The molecule has 0 fully saturated rings. The number of rotatable bonds is 69. The summed E-state index contributed by atoms with van der Waals surface area (Å²) in [5, 5.41) is 23.2. The number of carbonyl (C=O) groups is 2. The van der Waals surface area contributed by atoms with Gasteiger partial charge in [-0.15, -0.1) is 0 Å². The van der Waals surface area contributed by atoms with E-state index in [4.69, 9.17) is 4.74 Å². The van der Waals surface area contributed by atoms with Gasteiger partial charge in [0.2, 0.25) is 5.91 Å². The van der Waals surface area contributed by atoms with Crippen LogP contribution in [0.4, 0.5) is 0 Å². The Balaban J connectivity index is 3.36. The highest BCUT2D eigenvalue weighted by Gasteiger charge is 2.18. The largest absolute Gasteiger partial charge is 0.466 e. The zero-order chi connectivity index (χ0) is 57.8. The maximum absolute atomic E-state index is 12.5. The minimum atomic E-state index is -0.842. The molecule has 0 rings (SSSR count). The van der Waals surface area contributed by atoms with Gasteiger partial charge in [0.1, 0.15) is 0 Å². The highest BCUT2D eigenvalue weighted by molar-refractivity contribution is 5.76. The second kappa shape index (κ2) is 69.8. The molecule has 0 aliphatic carbocycles. The quantitative estimate of drug-likeness (QED) is 0.0320. The van der Waals surface area contributed by atoms with E-state index in [1.807, 2.05) is 6.08 Å². The van der Waals surface area contributed by atoms with Crippen molar-refractivity contribution in [2.24, 2.45) is 0 Å². The highest BCUT2D eigenvalue weighted by Crippen LogP contribution is 2.19. The lowest BCUT2D eigenvalue weighted by Crippen LogP contribution is -2.45. The molecule has 0 aromatic heterocycles. The monoisotopic (exact) mass is 1130 g/mol. The molecular formula is C74H143NO5. The number of hydrogen-bond donors (Lipinski definition) is 3. The molecule has 0 aliphatic rings. The van der Waals surface area contributed by atoms with Gasteiger partial charge in [0.25, 0.3) is 0 Å². The van der Waals surface area contributed by atoms with Crippen LogP contribution in [0.15, 0.2) is 24.3 Å². The van der Waals surface area contributed by atoms with Crippen LogP contribution < -0.4 is 5.32 Å². The van der Waals surface area contributed by atoms with Crippen LogP contribution in [-0.4, -0.2) is 47.4 Å². The van der Waals surface area contributed by atoms with E-state index in [-0.39, 0.29) is 18.5 Å². The smallest absolute Gasteiger partial charge is 0.305 e. The van der Waals surface area contributed by atoms with Crippen LogP contribution in [0.25, 0.3) is 0 Å². The molecule has 0 spiro atoms. The third kappa shape index (κ3) is 65.5. The zero-order valence-electron chi connectivity index (χ0n) is 54.3. The number of hydrogen-bond acceptors (Lipinski definition) is 5. The van der Waals surface area contributed by atoms with Crippen molar-refractivity contribution in [2.45, 2.75) is 424 Å². The number of nitrogens with one attached hydrogen (secondary N) is 1. The molecular weight excluding hydrogens is 983 g/mol. The molecule has 0 aliphatic heterocycles. The first-order valence-corrected chi connectivity index (χ1v) is 36.6. The minimum absolute atomic E-state index is 0.0206. The number of allylic oxidation sites excluding steroid dienone is 3. The summed E-state index contributed by atoms with van der Waals surface area (Å²) in [5.74, 6) is -0.0408. The molecule has 0 radical (unpaired) electrons. The van der Waals surface area contributed by atoms with E-state index in [0.717, 1.165) is 38.5 Å². The van der Waals surface area contributed by atoms with Crippen molar-refractivity contribution in [1.82, 2.24) is 5.32 Å². The molecule has 80 heavy (non-hydrogen) atoms. The first-order chi connectivity index (χ1) is 39.5. The van der Waals surface area contributed by atoms with E-state index in [2.05, 4.69) is 31.3 Å². The maximum Gasteiger partial charge on any atom is 0.305 e. The van der Waals surface area contributed by atoms with Gasteiger partial charge in [0.15, 0.2) is 0 Å². The summed E-state index contributed by atoms with van der Waals surface area (Å²) < 4.78 is 5.49. The average molecular weight is 1130 g/mol. The SMILES string of the molecule is CCCCCCCCCCCCCCCCC/C=C/C(O)C(CO)NC(=O)CCCCCCCCCCCCCCCCCCC/C=C\CCCCCCCCCCCCCCOC(=O)CCCCCCCCCCCCCCC. The third-order valence-electron chi connectivity index (χ3n) is 17.2. The lowest BCUT2D eigenvalue weighted by Gasteiger charge is -2.20. The predicted molar refractivity (Wildman–Crippen MR) is 352 cm³/mol. The molecule has 0 bridgehead atoms. The molecule has 1 amide bonds. The highest BCUT2D eigenvalue weighted by atomic mass is 16.5. The molecule has 474 valence electrons. The van der Waals surface area contributed by atoms with Gasteiger partial charge in [-0.25, -0.2) is 0 Å². The van der Waals surface area contributed by atoms with E-state index in [1.165, 1.54) is 347 Å². The standard InChI is InChI=1S/C74H143NO5/c1-3-5-7-9-11-13-15-17-18-36-39-43-46-50-54-58-62-66-72(77)71(70-76)75-73(78)67-63-59-55-51-47-44-40-37-34-32-30-28-26-24-22-20-19-21-23-25-27-29-31-33-35-38-41-45-49-53-57-61-65-69-80-74(79)68-64-60-56-52-48-42-16-14-12-10-8-6-4-2/h23,25,62,66,71-72,76-77H,3-22,24,26-61,63-65,67-70H2,1-2H3,(H,75,78)/b25-23-,66-62+. The van der Waals surface area contributed by atoms with Gasteiger partial charge < -0.3 is 20.3 Å². The number of amides is 1. The number of ether oxygens (including phenoxy) is 1. The summed E-state index contributed by atoms with van der Waals surface area (Å²) in [6.45, 7) is 4.94. The Morgan fingerprint density at radius 3 is 0.887 bits per heavy atom. The van der Waals surface area contributed by atoms with Crippen LogP contribution in [0, 0.1) is 0 Å². The van der Waals surface area contributed by atoms with Gasteiger partial charge in [-0.05, 0) is 57.8 Å². The number of unbranched alkanes of at least 4 members (excludes halogenated alkanes) is 56. The van der Waals surface area contributed by atoms with Crippen LogP contribution >= 0.6 is 0 Å². The summed E-state index contributed by atoms with van der Waals surface area (Å²) in [5.41, 5.74) is 0. The van der Waals surface area contributed by atoms with Crippen LogP contribution in [0.5, 0.6) is 0 Å². The zero-order valence-corrected chi connectivity index (χ0v) is 54.3. The van der Waals surface area contributed by atoms with Crippen LogP contribution in [0.2, 0.25) is 0 Å². The summed E-state index contributed by atoms with van der Waals surface area (Å²) in [7, 11) is 0. The van der Waals surface area contributed by atoms with E-state index < -0.39 is 12.1 Å². The Hall–Kier alpha value is -1.66. The van der Waals surface area contributed by atoms with E-state index in [9.17, 15) is 19.8 Å². The first kappa shape index (κ1) is 78.3. The fraction of sp³-hybridized carbons (Fsp3) is 0.919. The molecule has 6 nitrogen and oxygen atoms in total. The van der Waals surface area contributed by atoms with Gasteiger partial charge in [-0.2, -0.15) is 0 Å². The Morgan fingerprint density at radius 2 is 0.588 bits per heavy atom. The Bertz CT molecular complexity index is 1250. The molecule has 0 aromatic carbocycles. The number of carbonyl (C=O) groups excluding carboxylic acids is 2. The topological polar surface area (TPSA) is 95.9 Å². The van der Waals surface area contributed by atoms with Crippen molar-refractivity contribution in [1.29, 1.82) is 0 Å². The summed E-state index contributed by atoms with van der Waals surface area (Å²) in [6.07, 6.45) is 88.5. The molecule has 2 unspecified atom stereocenters. The molecule has 6 heteroatoms. The fourth-order valence-corrected chi connectivity index (χ4v) is 11.6. The van der Waals surface area contributed by atoms with Gasteiger partial charge >= 0.3 is 5.97 Å². The predicted octanol–water partition coefficient (Wildman–Crippen LogP) is 23.7. The minimum Gasteiger partial charge on any atom is -0.466 e. The van der Waals surface area contributed by atoms with E-state index in [1.54, 1.807) is 6.08 Å². The first-order valence-electron chi connectivity index (χ1n) is 36.6. The second-order valence-electron chi connectivity index (χ2n) is 25.3. The van der Waals surface area contributed by atoms with Crippen LogP contribution in [0.1, 0.15) is 412 Å². The lowest BCUT2D eigenvalue weighted by atomic mass is 10.0. The van der Waals surface area contributed by atoms with Crippen molar-refractivity contribution in [3.63, 3.8) is 0 Å². The lowest BCUT2D eigenvalue weighted by molar-refractivity contribution is -0.143. The maximum atomic E-state index is 12.5. The van der Waals surface area contributed by atoms with Crippen molar-refractivity contribution in [2.75, 3.05) is 13.2 Å². The van der Waals surface area contributed by atoms with Gasteiger partial charge in [-0.1, -0.05) is 366 Å². The Kier molecular flexibility index (Phi) is 68.4. The Labute approximate surface area is 501 Å². The summed E-state index contributed by atoms with van der Waals surface area (Å²) in [6, 6.07) is -0.625. The number of esters is 1. The molecule has 3 N–H and O–H groups in total. The Morgan fingerprint density at radius 1 is 0.338 bits per heavy atom. The number of aliphatic hydroxyl groups is 2. The molecule has 0 saturated carbocycles. The second-order valence-corrected chi connectivity index (χ2v) is 25.3. The summed E-state index contributed by atoms with van der Waals surface area (Å²) in [4.78, 5) is 24.6. The van der Waals surface area contributed by atoms with E-state index >= 15 is 0 Å². The van der Waals surface area contributed by atoms with Crippen molar-refractivity contribution >= 4 is 11.9 Å².